The second-order valence-electron chi connectivity index (χ2n) is 7.45. The van der Waals surface area contributed by atoms with Crippen LogP contribution in [0.5, 0.6) is 11.5 Å². The van der Waals surface area contributed by atoms with Crippen LogP contribution in [0.4, 0.5) is 0 Å². The van der Waals surface area contributed by atoms with Gasteiger partial charge in [-0.1, -0.05) is 6.92 Å². The van der Waals surface area contributed by atoms with Gasteiger partial charge in [-0.2, -0.15) is 0 Å². The maximum Gasteiger partial charge on any atom is 0.221 e. The number of benzene rings is 1. The molecule has 3 N–H and O–H groups in total. The minimum atomic E-state index is 0.0530. The maximum absolute atomic E-state index is 11.7. The smallest absolute Gasteiger partial charge is 0.221 e. The molecule has 1 heterocycles. The molecule has 0 spiro atoms. The Morgan fingerprint density at radius 3 is 2.53 bits per heavy atom. The highest BCUT2D eigenvalue weighted by atomic mass is 16.5. The first-order valence-corrected chi connectivity index (χ1v) is 10.8. The van der Waals surface area contributed by atoms with Gasteiger partial charge in [0, 0.05) is 51.3 Å². The second-order valence-corrected chi connectivity index (χ2v) is 7.45. The summed E-state index contributed by atoms with van der Waals surface area (Å²) in [5, 5.41) is 9.67. The molecule has 0 bridgehead atoms. The standard InChI is InChI=1S/C22H37N5O3/c1-5-9-24-21(28)7-10-25-22(23-6-2)26-18-8-11-27(16-18)15-17-12-19(29-3)14-20(13-17)30-4/h12-14,18H,5-11,15-16H2,1-4H3,(H,24,28)(H2,23,25,26). The molecule has 1 aliphatic heterocycles. The third kappa shape index (κ3) is 8.10. The normalized spacial score (nSPS) is 16.9. The van der Waals surface area contributed by atoms with Crippen molar-refractivity contribution in [2.75, 3.05) is 46.9 Å². The number of carbonyl (C=O) groups excluding carboxylic acids is 1. The van der Waals surface area contributed by atoms with Crippen molar-refractivity contribution in [1.29, 1.82) is 0 Å². The van der Waals surface area contributed by atoms with Gasteiger partial charge in [-0.3, -0.25) is 14.7 Å². The average molecular weight is 420 g/mol. The van der Waals surface area contributed by atoms with Crippen LogP contribution < -0.4 is 25.4 Å². The van der Waals surface area contributed by atoms with Crippen molar-refractivity contribution in [2.45, 2.75) is 45.7 Å². The largest absolute Gasteiger partial charge is 0.497 e. The topological polar surface area (TPSA) is 87.2 Å². The molecule has 8 nitrogen and oxygen atoms in total. The zero-order valence-electron chi connectivity index (χ0n) is 18.8. The minimum absolute atomic E-state index is 0.0530. The van der Waals surface area contributed by atoms with E-state index in [0.29, 0.717) is 19.0 Å². The summed E-state index contributed by atoms with van der Waals surface area (Å²) in [5.74, 6) is 2.44. The number of likely N-dealkylation sites (tertiary alicyclic amines) is 1. The third-order valence-electron chi connectivity index (χ3n) is 4.96. The van der Waals surface area contributed by atoms with Gasteiger partial charge >= 0.3 is 0 Å². The monoisotopic (exact) mass is 419 g/mol. The van der Waals surface area contributed by atoms with Crippen molar-refractivity contribution in [3.05, 3.63) is 23.8 Å². The Kier molecular flexibility index (Phi) is 10.3. The Bertz CT molecular complexity index is 673. The number of hydrogen-bond donors (Lipinski definition) is 3. The van der Waals surface area contributed by atoms with Gasteiger partial charge in [-0.15, -0.1) is 0 Å². The van der Waals surface area contributed by atoms with E-state index in [9.17, 15) is 4.79 Å². The van der Waals surface area contributed by atoms with Crippen LogP contribution in [0.3, 0.4) is 0 Å². The first-order chi connectivity index (χ1) is 14.6. The lowest BCUT2D eigenvalue weighted by atomic mass is 10.2. The number of guanidine groups is 1. The Labute approximate surface area is 180 Å². The van der Waals surface area contributed by atoms with Crippen LogP contribution in [-0.2, 0) is 11.3 Å². The highest BCUT2D eigenvalue weighted by molar-refractivity contribution is 5.81. The number of nitrogens with zero attached hydrogens (tertiary/aromatic N) is 2. The van der Waals surface area contributed by atoms with Gasteiger partial charge in [0.15, 0.2) is 5.96 Å². The van der Waals surface area contributed by atoms with Gasteiger partial charge in [0.25, 0.3) is 0 Å². The van der Waals surface area contributed by atoms with Crippen LogP contribution >= 0.6 is 0 Å². The molecule has 1 aromatic rings. The van der Waals surface area contributed by atoms with E-state index in [2.05, 4.69) is 38.0 Å². The van der Waals surface area contributed by atoms with Gasteiger partial charge in [0.2, 0.25) is 5.91 Å². The molecule has 30 heavy (non-hydrogen) atoms. The predicted octanol–water partition coefficient (Wildman–Crippen LogP) is 1.75. The summed E-state index contributed by atoms with van der Waals surface area (Å²) in [6.45, 7) is 8.86. The van der Waals surface area contributed by atoms with Crippen LogP contribution in [0.1, 0.15) is 38.7 Å². The number of carbonyl (C=O) groups is 1. The lowest BCUT2D eigenvalue weighted by molar-refractivity contribution is -0.120. The van der Waals surface area contributed by atoms with Crippen molar-refractivity contribution < 1.29 is 14.3 Å². The highest BCUT2D eigenvalue weighted by Gasteiger charge is 2.23. The van der Waals surface area contributed by atoms with Crippen LogP contribution in [0.15, 0.2) is 23.2 Å². The number of nitrogens with one attached hydrogen (secondary N) is 3. The first kappa shape index (κ1) is 23.8. The summed E-state index contributed by atoms with van der Waals surface area (Å²) in [5.41, 5.74) is 1.17. The molecule has 1 atom stereocenters. The maximum atomic E-state index is 11.7. The zero-order valence-corrected chi connectivity index (χ0v) is 18.8. The average Bonchev–Trinajstić information content (AvgIpc) is 3.18. The van der Waals surface area contributed by atoms with Gasteiger partial charge in [-0.25, -0.2) is 0 Å². The molecule has 1 aromatic carbocycles. The number of methoxy groups -OCH3 is 2. The van der Waals surface area contributed by atoms with Crippen molar-refractivity contribution in [1.82, 2.24) is 20.9 Å². The van der Waals surface area contributed by atoms with Crippen LogP contribution in [0.25, 0.3) is 0 Å². The predicted molar refractivity (Wildman–Crippen MR) is 120 cm³/mol. The molecule has 1 unspecified atom stereocenters. The molecule has 1 saturated heterocycles. The SMILES string of the molecule is CCCNC(=O)CCN=C(NCC)NC1CCN(Cc2cc(OC)cc(OC)c2)C1. The Balaban J connectivity index is 1.85. The molecule has 168 valence electrons. The second kappa shape index (κ2) is 13.0. The molecule has 1 aliphatic rings. The van der Waals surface area contributed by atoms with Crippen LogP contribution in [0.2, 0.25) is 0 Å². The van der Waals surface area contributed by atoms with E-state index in [1.165, 1.54) is 5.56 Å². The third-order valence-corrected chi connectivity index (χ3v) is 4.96. The zero-order chi connectivity index (χ0) is 21.8. The molecule has 0 saturated carbocycles. The summed E-state index contributed by atoms with van der Waals surface area (Å²) in [6.07, 6.45) is 2.40. The molecule has 0 aromatic heterocycles. The van der Waals surface area contributed by atoms with Crippen LogP contribution in [-0.4, -0.2) is 69.8 Å². The van der Waals surface area contributed by atoms with Crippen molar-refractivity contribution in [3.8, 4) is 11.5 Å². The fraction of sp³-hybridized carbons (Fsp3) is 0.636. The number of amides is 1. The molecule has 8 heteroatoms. The summed E-state index contributed by atoms with van der Waals surface area (Å²) >= 11 is 0. The van der Waals surface area contributed by atoms with Gasteiger partial charge in [0.1, 0.15) is 11.5 Å². The Hall–Kier alpha value is -2.48. The Morgan fingerprint density at radius 1 is 1.17 bits per heavy atom. The van der Waals surface area contributed by atoms with E-state index < -0.39 is 0 Å². The highest BCUT2D eigenvalue weighted by Crippen LogP contribution is 2.24. The van der Waals surface area contributed by atoms with E-state index in [1.54, 1.807) is 14.2 Å². The Morgan fingerprint density at radius 2 is 1.90 bits per heavy atom. The number of hydrogen-bond acceptors (Lipinski definition) is 5. The quantitative estimate of drug-likeness (QED) is 0.374. The molecule has 0 radical (unpaired) electrons. The van der Waals surface area contributed by atoms with E-state index in [1.807, 2.05) is 19.9 Å². The molecular weight excluding hydrogens is 382 g/mol. The molecule has 1 amide bonds. The molecule has 0 aliphatic carbocycles. The molecule has 2 rings (SSSR count). The van der Waals surface area contributed by atoms with Gasteiger partial charge < -0.3 is 25.4 Å². The molecule has 1 fully saturated rings. The van der Waals surface area contributed by atoms with E-state index in [0.717, 1.165) is 63.0 Å². The summed E-state index contributed by atoms with van der Waals surface area (Å²) in [7, 11) is 3.34. The van der Waals surface area contributed by atoms with Crippen LogP contribution in [0, 0.1) is 0 Å². The van der Waals surface area contributed by atoms with Crippen molar-refractivity contribution >= 4 is 11.9 Å². The number of ether oxygens (including phenoxy) is 2. The van der Waals surface area contributed by atoms with Crippen molar-refractivity contribution in [3.63, 3.8) is 0 Å². The van der Waals surface area contributed by atoms with E-state index in [4.69, 9.17) is 9.47 Å². The number of rotatable bonds is 11. The van der Waals surface area contributed by atoms with Gasteiger partial charge in [-0.05, 0) is 37.5 Å². The molecular formula is C22H37N5O3. The van der Waals surface area contributed by atoms with Gasteiger partial charge in [0.05, 0.1) is 20.8 Å². The lowest BCUT2D eigenvalue weighted by Crippen LogP contribution is -2.44. The van der Waals surface area contributed by atoms with E-state index in [-0.39, 0.29) is 5.91 Å². The van der Waals surface area contributed by atoms with E-state index >= 15 is 0 Å². The fourth-order valence-electron chi connectivity index (χ4n) is 3.45. The number of aliphatic imine (C=N–C) groups is 1. The summed E-state index contributed by atoms with van der Waals surface area (Å²) in [4.78, 5) is 18.7. The summed E-state index contributed by atoms with van der Waals surface area (Å²) in [6, 6.07) is 6.32. The fourth-order valence-corrected chi connectivity index (χ4v) is 3.45. The first-order valence-electron chi connectivity index (χ1n) is 10.8. The minimum Gasteiger partial charge on any atom is -0.497 e. The summed E-state index contributed by atoms with van der Waals surface area (Å²) < 4.78 is 10.8. The lowest BCUT2D eigenvalue weighted by Gasteiger charge is -2.19. The van der Waals surface area contributed by atoms with Crippen molar-refractivity contribution in [2.24, 2.45) is 4.99 Å².